The van der Waals surface area contributed by atoms with Gasteiger partial charge in [-0.1, -0.05) is 11.8 Å². The molecule has 3 heteroatoms. The molecule has 0 spiro atoms. The van der Waals surface area contributed by atoms with Crippen LogP contribution in [0.25, 0.3) is 0 Å². The van der Waals surface area contributed by atoms with E-state index in [1.165, 1.54) is 0 Å². The van der Waals surface area contributed by atoms with Crippen molar-refractivity contribution in [3.63, 3.8) is 0 Å². The molecule has 0 aromatic heterocycles. The first-order chi connectivity index (χ1) is 2.27. The van der Waals surface area contributed by atoms with Crippen LogP contribution in [0, 0.1) is 0 Å². The van der Waals surface area contributed by atoms with Crippen LogP contribution in [0.4, 0.5) is 0 Å². The van der Waals surface area contributed by atoms with E-state index in [2.05, 4.69) is 5.73 Å². The molecule has 0 radical (unpaired) electrons. The Morgan fingerprint density at radius 1 is 2.00 bits per heavy atom. The van der Waals surface area contributed by atoms with Crippen molar-refractivity contribution >= 4 is 11.8 Å². The van der Waals surface area contributed by atoms with Crippen LogP contribution >= 0.6 is 11.8 Å². The molecule has 0 aromatic carbocycles. The summed E-state index contributed by atoms with van der Waals surface area (Å²) in [6.45, 7) is 0. The zero-order chi connectivity index (χ0) is 4.28. The minimum atomic E-state index is 0.0509. The van der Waals surface area contributed by atoms with Crippen LogP contribution in [0.15, 0.2) is 0 Å². The summed E-state index contributed by atoms with van der Waals surface area (Å²) in [5.74, 6) is 0. The van der Waals surface area contributed by atoms with Crippen molar-refractivity contribution in [2.24, 2.45) is 5.73 Å². The number of hydrogen-bond acceptors (Lipinski definition) is 2. The third kappa shape index (κ3) is 4.27. The van der Waals surface area contributed by atoms with Gasteiger partial charge in [0.1, 0.15) is 0 Å². The van der Waals surface area contributed by atoms with Crippen LogP contribution in [0.1, 0.15) is 0 Å². The third-order valence-electron chi connectivity index (χ3n) is 0.303. The lowest BCUT2D eigenvalue weighted by molar-refractivity contribution is -0.383. The molecule has 5 heavy (non-hydrogen) atoms. The molecule has 0 fully saturated rings. The molecule has 1 atom stereocenters. The zero-order valence-electron chi connectivity index (χ0n) is 3.27. The van der Waals surface area contributed by atoms with E-state index < -0.39 is 0 Å². The van der Waals surface area contributed by atoms with Gasteiger partial charge in [-0.3, -0.25) is 5.73 Å². The lowest BCUT2D eigenvalue weighted by atomic mass is 11.2. The fourth-order valence-electron chi connectivity index (χ4n) is 0. The average Bonchev–Trinajstić information content (AvgIpc) is 1.38. The van der Waals surface area contributed by atoms with Crippen molar-refractivity contribution in [1.82, 2.24) is 0 Å². The Bertz CT molecular complexity index is 21.6. The highest BCUT2D eigenvalue weighted by atomic mass is 32.2. The van der Waals surface area contributed by atoms with Crippen LogP contribution in [0.5, 0.6) is 0 Å². The van der Waals surface area contributed by atoms with Gasteiger partial charge in [0.2, 0.25) is 0 Å². The second-order valence-electron chi connectivity index (χ2n) is 0.774. The van der Waals surface area contributed by atoms with Crippen molar-refractivity contribution in [2.45, 2.75) is 5.50 Å². The van der Waals surface area contributed by atoms with Gasteiger partial charge in [-0.2, -0.15) is 0 Å². The molecule has 0 amide bonds. The lowest BCUT2D eigenvalue weighted by Gasteiger charge is -1.88. The van der Waals surface area contributed by atoms with E-state index in [1.54, 1.807) is 11.8 Å². The first-order valence-corrected chi connectivity index (χ1v) is 2.67. The molecular formula is C2H9N2S+. The zero-order valence-corrected chi connectivity index (χ0v) is 4.09. The summed E-state index contributed by atoms with van der Waals surface area (Å²) < 4.78 is 0. The smallest absolute Gasteiger partial charge is 0.183 e. The molecule has 0 aliphatic carbocycles. The van der Waals surface area contributed by atoms with Gasteiger partial charge >= 0.3 is 0 Å². The van der Waals surface area contributed by atoms with E-state index in [4.69, 9.17) is 5.73 Å². The highest BCUT2D eigenvalue weighted by molar-refractivity contribution is 7.98. The van der Waals surface area contributed by atoms with Crippen LogP contribution in [0.3, 0.4) is 0 Å². The number of nitrogens with two attached hydrogens (primary N) is 1. The van der Waals surface area contributed by atoms with Crippen LogP contribution in [0.2, 0.25) is 0 Å². The monoisotopic (exact) mass is 93.0 g/mol. The van der Waals surface area contributed by atoms with E-state index in [1.807, 2.05) is 6.26 Å². The minimum Gasteiger partial charge on any atom is -0.334 e. The SMILES string of the molecule is CSC(N)[NH3+]. The second kappa shape index (κ2) is 2.50. The van der Waals surface area contributed by atoms with Gasteiger partial charge in [-0.15, -0.1) is 0 Å². The number of hydrogen-bond donors (Lipinski definition) is 2. The average molecular weight is 93.2 g/mol. The topological polar surface area (TPSA) is 53.7 Å². The molecule has 0 saturated heterocycles. The number of rotatable bonds is 1. The highest BCUT2D eigenvalue weighted by Gasteiger charge is 1.84. The fraction of sp³-hybridized carbons (Fsp3) is 1.00. The van der Waals surface area contributed by atoms with Gasteiger partial charge in [-0.25, -0.2) is 0 Å². The molecule has 0 aliphatic rings. The van der Waals surface area contributed by atoms with E-state index in [-0.39, 0.29) is 5.50 Å². The van der Waals surface area contributed by atoms with Gasteiger partial charge in [0.25, 0.3) is 0 Å². The van der Waals surface area contributed by atoms with Gasteiger partial charge in [0.15, 0.2) is 5.50 Å². The molecule has 32 valence electrons. The van der Waals surface area contributed by atoms with Crippen molar-refractivity contribution < 1.29 is 5.73 Å². The molecule has 0 rings (SSSR count). The van der Waals surface area contributed by atoms with Crippen LogP contribution in [-0.4, -0.2) is 11.8 Å². The third-order valence-corrected chi connectivity index (χ3v) is 0.908. The summed E-state index contributed by atoms with van der Waals surface area (Å²) in [5.41, 5.74) is 8.69. The summed E-state index contributed by atoms with van der Waals surface area (Å²) in [5, 5.41) is 0. The summed E-state index contributed by atoms with van der Waals surface area (Å²) in [7, 11) is 0. The Morgan fingerprint density at radius 3 is 2.20 bits per heavy atom. The Balaban J connectivity index is 2.54. The second-order valence-corrected chi connectivity index (χ2v) is 1.85. The number of thioether (sulfide) groups is 1. The maximum absolute atomic E-state index is 5.14. The molecule has 0 bridgehead atoms. The van der Waals surface area contributed by atoms with Crippen molar-refractivity contribution in [3.8, 4) is 0 Å². The molecule has 0 saturated carbocycles. The van der Waals surface area contributed by atoms with Crippen LogP contribution in [-0.2, 0) is 0 Å². The highest BCUT2D eigenvalue weighted by Crippen LogP contribution is 1.84. The summed E-state index contributed by atoms with van der Waals surface area (Å²) in [4.78, 5) is 0. The maximum atomic E-state index is 5.14. The van der Waals surface area contributed by atoms with E-state index >= 15 is 0 Å². The maximum Gasteiger partial charge on any atom is 0.183 e. The predicted octanol–water partition coefficient (Wildman–Crippen LogP) is -1.17. The first-order valence-electron chi connectivity index (χ1n) is 1.39. The Kier molecular flexibility index (Phi) is 2.64. The normalized spacial score (nSPS) is 15.0. The largest absolute Gasteiger partial charge is 0.334 e. The van der Waals surface area contributed by atoms with Gasteiger partial charge < -0.3 is 5.73 Å². The molecule has 0 aliphatic heterocycles. The first kappa shape index (κ1) is 5.27. The lowest BCUT2D eigenvalue weighted by Crippen LogP contribution is -2.63. The number of quaternary nitrogens is 1. The Labute approximate surface area is 35.9 Å². The van der Waals surface area contributed by atoms with Gasteiger partial charge in [0.05, 0.1) is 0 Å². The molecule has 0 heterocycles. The molecule has 5 N–H and O–H groups in total. The Hall–Kier alpha value is 0.270. The van der Waals surface area contributed by atoms with Crippen molar-refractivity contribution in [1.29, 1.82) is 0 Å². The van der Waals surface area contributed by atoms with Gasteiger partial charge in [-0.05, 0) is 6.26 Å². The van der Waals surface area contributed by atoms with Crippen molar-refractivity contribution in [2.75, 3.05) is 6.26 Å². The van der Waals surface area contributed by atoms with Gasteiger partial charge in [0, 0.05) is 0 Å². The molecular weight excluding hydrogens is 84.1 g/mol. The van der Waals surface area contributed by atoms with E-state index in [0.29, 0.717) is 0 Å². The van der Waals surface area contributed by atoms with E-state index in [9.17, 15) is 0 Å². The summed E-state index contributed by atoms with van der Waals surface area (Å²) in [6, 6.07) is 0. The predicted molar refractivity (Wildman–Crippen MR) is 24.4 cm³/mol. The molecule has 2 nitrogen and oxygen atoms in total. The minimum absolute atomic E-state index is 0.0509. The Morgan fingerprint density at radius 2 is 2.20 bits per heavy atom. The summed E-state index contributed by atoms with van der Waals surface area (Å²) >= 11 is 1.55. The quantitative estimate of drug-likeness (QED) is 0.401. The van der Waals surface area contributed by atoms with E-state index in [0.717, 1.165) is 0 Å². The standard InChI is InChI=1S/C2H8N2S/c1-5-2(3)4/h2H,3-4H2,1H3/p+1. The summed E-state index contributed by atoms with van der Waals surface area (Å²) in [6.07, 6.45) is 1.93. The molecule has 0 aromatic rings. The van der Waals surface area contributed by atoms with Crippen LogP contribution < -0.4 is 11.5 Å². The van der Waals surface area contributed by atoms with Crippen molar-refractivity contribution in [3.05, 3.63) is 0 Å². The fourth-order valence-corrected chi connectivity index (χ4v) is 0. The molecule has 1 unspecified atom stereocenters.